The third kappa shape index (κ3) is 1.59. The maximum absolute atomic E-state index is 5.85. The Morgan fingerprint density at radius 2 is 2.44 bits per heavy atom. The van der Waals surface area contributed by atoms with Crippen LogP contribution >= 0.6 is 45.5 Å². The molecule has 0 radical (unpaired) electrons. The van der Waals surface area contributed by atoms with Crippen LogP contribution < -0.4 is 0 Å². The molecule has 0 N–H and O–H groups in total. The molecule has 0 bridgehead atoms. The fourth-order valence-corrected chi connectivity index (χ4v) is 3.02. The van der Waals surface area contributed by atoms with Crippen LogP contribution in [0.2, 0.25) is 5.02 Å². The van der Waals surface area contributed by atoms with E-state index in [0.29, 0.717) is 0 Å². The summed E-state index contributed by atoms with van der Waals surface area (Å²) in [4.78, 5) is 0. The molecule has 0 atom stereocenters. The number of thiophene rings is 1. The van der Waals surface area contributed by atoms with Crippen LogP contribution in [-0.4, -0.2) is 0 Å². The van der Waals surface area contributed by atoms with Crippen molar-refractivity contribution < 1.29 is 0 Å². The molecule has 0 spiro atoms. The molecule has 3 heteroatoms. The van der Waals surface area contributed by atoms with Crippen molar-refractivity contribution in [3.8, 4) is 0 Å². The van der Waals surface area contributed by atoms with E-state index in [-0.39, 0.29) is 0 Å². The second kappa shape index (κ2) is 3.21. The van der Waals surface area contributed by atoms with Gasteiger partial charge in [0.15, 0.2) is 0 Å². The number of hydrogen-bond donors (Lipinski definition) is 0. The molecule has 1 aromatic rings. The van der Waals surface area contributed by atoms with E-state index < -0.39 is 0 Å². The molecule has 0 saturated heterocycles. The van der Waals surface area contributed by atoms with Crippen LogP contribution in [0.15, 0.2) is 5.38 Å². The molecule has 0 unspecified atom stereocenters. The van der Waals surface area contributed by atoms with Gasteiger partial charge in [-0.3, -0.25) is 0 Å². The van der Waals surface area contributed by atoms with Gasteiger partial charge in [0.25, 0.3) is 0 Å². The van der Waals surface area contributed by atoms with Gasteiger partial charge in [0.05, 0.1) is 7.91 Å². The monoisotopic (exact) mass is 272 g/mol. The van der Waals surface area contributed by atoms with Gasteiger partial charge in [0.2, 0.25) is 0 Å². The van der Waals surface area contributed by atoms with E-state index in [2.05, 4.69) is 29.5 Å². The lowest BCUT2D eigenvalue weighted by atomic mass is 10.3. The minimum atomic E-state index is 0.923. The predicted molar refractivity (Wildman–Crippen MR) is 51.4 cm³/mol. The van der Waals surface area contributed by atoms with E-state index in [1.807, 2.05) is 5.38 Å². The van der Waals surface area contributed by atoms with Gasteiger partial charge in [0.1, 0.15) is 0 Å². The van der Waals surface area contributed by atoms with Gasteiger partial charge in [-0.1, -0.05) is 18.5 Å². The summed E-state index contributed by atoms with van der Waals surface area (Å²) in [6, 6.07) is 0. The normalized spacial score (nSPS) is 10.1. The first-order valence-electron chi connectivity index (χ1n) is 2.67. The molecule has 0 aliphatic carbocycles. The Kier molecular flexibility index (Phi) is 2.79. The maximum Gasteiger partial charge on any atom is 0.0700 e. The minimum absolute atomic E-state index is 0.923. The summed E-state index contributed by atoms with van der Waals surface area (Å²) >= 11 is 9.88. The second-order valence-corrected chi connectivity index (χ2v) is 4.79. The van der Waals surface area contributed by atoms with Crippen molar-refractivity contribution in [3.05, 3.63) is 18.9 Å². The second-order valence-electron chi connectivity index (χ2n) is 1.69. The first-order chi connectivity index (χ1) is 4.25. The van der Waals surface area contributed by atoms with Crippen molar-refractivity contribution >= 4 is 45.5 Å². The standard InChI is InChI=1S/C6H6ClIS/c1-2-4-5(7)3-9-6(4)8/h3H,2H2,1H3. The van der Waals surface area contributed by atoms with Crippen LogP contribution in [0.5, 0.6) is 0 Å². The summed E-state index contributed by atoms with van der Waals surface area (Å²) in [5.74, 6) is 0. The molecule has 1 heterocycles. The average Bonchev–Trinajstić information content (AvgIpc) is 2.12. The Morgan fingerprint density at radius 1 is 1.78 bits per heavy atom. The predicted octanol–water partition coefficient (Wildman–Crippen LogP) is 3.57. The van der Waals surface area contributed by atoms with Crippen LogP contribution in [-0.2, 0) is 6.42 Å². The Hall–Kier alpha value is 0.720. The number of hydrogen-bond acceptors (Lipinski definition) is 1. The number of halogens is 2. The van der Waals surface area contributed by atoms with Crippen molar-refractivity contribution in [2.45, 2.75) is 13.3 Å². The highest BCUT2D eigenvalue weighted by Crippen LogP contribution is 2.28. The fraction of sp³-hybridized carbons (Fsp3) is 0.333. The summed E-state index contributed by atoms with van der Waals surface area (Å²) in [6.07, 6.45) is 1.04. The summed E-state index contributed by atoms with van der Waals surface area (Å²) in [5, 5.41) is 2.91. The Morgan fingerprint density at radius 3 is 2.67 bits per heavy atom. The summed E-state index contributed by atoms with van der Waals surface area (Å²) in [7, 11) is 0. The van der Waals surface area contributed by atoms with Crippen molar-refractivity contribution in [2.75, 3.05) is 0 Å². The van der Waals surface area contributed by atoms with Crippen LogP contribution in [0.1, 0.15) is 12.5 Å². The SMILES string of the molecule is CCc1c(Cl)csc1I. The molecule has 9 heavy (non-hydrogen) atoms. The van der Waals surface area contributed by atoms with Gasteiger partial charge in [0, 0.05) is 5.38 Å². The first-order valence-corrected chi connectivity index (χ1v) is 5.00. The molecule has 1 aromatic heterocycles. The van der Waals surface area contributed by atoms with Crippen molar-refractivity contribution in [3.63, 3.8) is 0 Å². The molecular formula is C6H6ClIS. The Bertz CT molecular complexity index is 187. The van der Waals surface area contributed by atoms with Gasteiger partial charge in [-0.2, -0.15) is 0 Å². The molecular weight excluding hydrogens is 266 g/mol. The minimum Gasteiger partial charge on any atom is -0.136 e. The highest BCUT2D eigenvalue weighted by Gasteiger charge is 2.03. The zero-order valence-corrected chi connectivity index (χ0v) is 8.68. The van der Waals surface area contributed by atoms with E-state index in [4.69, 9.17) is 11.6 Å². The van der Waals surface area contributed by atoms with Gasteiger partial charge >= 0.3 is 0 Å². The Balaban J connectivity index is 3.07. The first kappa shape index (κ1) is 7.82. The van der Waals surface area contributed by atoms with E-state index in [0.717, 1.165) is 11.4 Å². The lowest BCUT2D eigenvalue weighted by Gasteiger charge is -1.90. The van der Waals surface area contributed by atoms with Gasteiger partial charge in [-0.05, 0) is 34.6 Å². The molecule has 0 aromatic carbocycles. The van der Waals surface area contributed by atoms with Gasteiger partial charge in [-0.25, -0.2) is 0 Å². The van der Waals surface area contributed by atoms with Gasteiger partial charge in [-0.15, -0.1) is 11.3 Å². The topological polar surface area (TPSA) is 0 Å². The van der Waals surface area contributed by atoms with Crippen LogP contribution in [0.4, 0.5) is 0 Å². The molecule has 0 saturated carbocycles. The lowest BCUT2D eigenvalue weighted by Crippen LogP contribution is -1.76. The summed E-state index contributed by atoms with van der Waals surface area (Å²) < 4.78 is 1.32. The van der Waals surface area contributed by atoms with Crippen molar-refractivity contribution in [1.82, 2.24) is 0 Å². The Labute approximate surface area is 77.4 Å². The summed E-state index contributed by atoms with van der Waals surface area (Å²) in [6.45, 7) is 2.12. The smallest absolute Gasteiger partial charge is 0.0700 e. The van der Waals surface area contributed by atoms with Crippen LogP contribution in [0, 0.1) is 2.88 Å². The highest BCUT2D eigenvalue weighted by molar-refractivity contribution is 14.1. The quantitative estimate of drug-likeness (QED) is 0.686. The largest absolute Gasteiger partial charge is 0.136 e. The van der Waals surface area contributed by atoms with E-state index in [1.54, 1.807) is 11.3 Å². The molecule has 50 valence electrons. The highest BCUT2D eigenvalue weighted by atomic mass is 127. The lowest BCUT2D eigenvalue weighted by molar-refractivity contribution is 1.15. The average molecular weight is 273 g/mol. The van der Waals surface area contributed by atoms with E-state index >= 15 is 0 Å². The van der Waals surface area contributed by atoms with Crippen molar-refractivity contribution in [2.24, 2.45) is 0 Å². The maximum atomic E-state index is 5.85. The zero-order valence-electron chi connectivity index (χ0n) is 4.95. The molecule has 0 aliphatic heterocycles. The number of rotatable bonds is 1. The summed E-state index contributed by atoms with van der Waals surface area (Å²) in [5.41, 5.74) is 1.29. The molecule has 0 fully saturated rings. The molecule has 0 aliphatic rings. The molecule has 0 amide bonds. The fourth-order valence-electron chi connectivity index (χ4n) is 0.647. The van der Waals surface area contributed by atoms with Crippen LogP contribution in [0.25, 0.3) is 0 Å². The zero-order chi connectivity index (χ0) is 6.85. The van der Waals surface area contributed by atoms with Crippen molar-refractivity contribution in [1.29, 1.82) is 0 Å². The van der Waals surface area contributed by atoms with E-state index in [9.17, 15) is 0 Å². The third-order valence-corrected chi connectivity index (χ3v) is 3.83. The van der Waals surface area contributed by atoms with Gasteiger partial charge < -0.3 is 0 Å². The molecule has 0 nitrogen and oxygen atoms in total. The van der Waals surface area contributed by atoms with E-state index in [1.165, 1.54) is 8.45 Å². The third-order valence-electron chi connectivity index (χ3n) is 1.14. The van der Waals surface area contributed by atoms with Crippen LogP contribution in [0.3, 0.4) is 0 Å². The molecule has 1 rings (SSSR count).